The van der Waals surface area contributed by atoms with E-state index in [0.29, 0.717) is 6.42 Å². The molecule has 1 aromatic heterocycles. The highest BCUT2D eigenvalue weighted by Gasteiger charge is 2.24. The highest BCUT2D eigenvalue weighted by atomic mass is 32.2. The molecule has 0 saturated carbocycles. The number of nitrogens with zero attached hydrogens (tertiary/aromatic N) is 1. The van der Waals surface area contributed by atoms with E-state index >= 15 is 0 Å². The standard InChI is InChI=1S/C16H21NO3S2/c1-13-6-8-14(9-7-13)22(18,19)20-15(10-11-17(2)3)16-5-4-12-21-16/h4-9,12,15H,10-11H2,1-3H3. The molecule has 0 radical (unpaired) electrons. The lowest BCUT2D eigenvalue weighted by Crippen LogP contribution is -2.19. The minimum atomic E-state index is -3.76. The van der Waals surface area contributed by atoms with Gasteiger partial charge in [-0.05, 0) is 51.0 Å². The molecule has 2 rings (SSSR count). The Morgan fingerprint density at radius 3 is 2.41 bits per heavy atom. The first-order valence-electron chi connectivity index (χ1n) is 7.06. The third kappa shape index (κ3) is 4.64. The third-order valence-electron chi connectivity index (χ3n) is 3.25. The average molecular weight is 339 g/mol. The molecule has 2 aromatic rings. The molecule has 0 N–H and O–H groups in total. The second kappa shape index (κ2) is 7.37. The fourth-order valence-corrected chi connectivity index (χ4v) is 3.94. The van der Waals surface area contributed by atoms with Gasteiger partial charge in [-0.2, -0.15) is 8.42 Å². The van der Waals surface area contributed by atoms with Gasteiger partial charge in [-0.25, -0.2) is 0 Å². The van der Waals surface area contributed by atoms with Crippen LogP contribution in [0.15, 0.2) is 46.7 Å². The van der Waals surface area contributed by atoms with Crippen molar-refractivity contribution in [3.05, 3.63) is 52.2 Å². The van der Waals surface area contributed by atoms with Crippen molar-refractivity contribution in [3.8, 4) is 0 Å². The van der Waals surface area contributed by atoms with Crippen molar-refractivity contribution >= 4 is 21.5 Å². The zero-order chi connectivity index (χ0) is 16.2. The van der Waals surface area contributed by atoms with E-state index in [2.05, 4.69) is 0 Å². The molecule has 6 heteroatoms. The van der Waals surface area contributed by atoms with Crippen molar-refractivity contribution in [1.82, 2.24) is 4.90 Å². The van der Waals surface area contributed by atoms with Gasteiger partial charge in [-0.1, -0.05) is 23.8 Å². The first-order chi connectivity index (χ1) is 10.4. The molecule has 0 aliphatic heterocycles. The lowest BCUT2D eigenvalue weighted by molar-refractivity contribution is 0.190. The molecule has 0 aliphatic carbocycles. The fourth-order valence-electron chi connectivity index (χ4n) is 2.00. The molecule has 0 amide bonds. The van der Waals surface area contributed by atoms with Gasteiger partial charge in [0.15, 0.2) is 0 Å². The van der Waals surface area contributed by atoms with Crippen molar-refractivity contribution < 1.29 is 12.6 Å². The molecule has 0 saturated heterocycles. The molecule has 0 aliphatic rings. The summed E-state index contributed by atoms with van der Waals surface area (Å²) in [6.07, 6.45) is 0.173. The van der Waals surface area contributed by atoms with E-state index in [9.17, 15) is 8.42 Å². The van der Waals surface area contributed by atoms with Crippen LogP contribution in [0.3, 0.4) is 0 Å². The van der Waals surface area contributed by atoms with E-state index in [4.69, 9.17) is 4.18 Å². The average Bonchev–Trinajstić information content (AvgIpc) is 2.97. The van der Waals surface area contributed by atoms with Gasteiger partial charge in [0, 0.05) is 11.4 Å². The predicted molar refractivity (Wildman–Crippen MR) is 89.7 cm³/mol. The highest BCUT2D eigenvalue weighted by molar-refractivity contribution is 7.86. The van der Waals surface area contributed by atoms with Gasteiger partial charge >= 0.3 is 0 Å². The molecular formula is C16H21NO3S2. The van der Waals surface area contributed by atoms with Crippen molar-refractivity contribution in [2.45, 2.75) is 24.3 Å². The maximum absolute atomic E-state index is 12.5. The van der Waals surface area contributed by atoms with E-state index in [1.807, 2.05) is 43.4 Å². The van der Waals surface area contributed by atoms with E-state index < -0.39 is 16.2 Å². The number of thiophene rings is 1. The monoisotopic (exact) mass is 339 g/mol. The van der Waals surface area contributed by atoms with Crippen LogP contribution in [0.2, 0.25) is 0 Å². The Bertz CT molecular complexity index is 677. The minimum absolute atomic E-state index is 0.199. The topological polar surface area (TPSA) is 46.6 Å². The van der Waals surface area contributed by atoms with Crippen LogP contribution in [0.25, 0.3) is 0 Å². The normalized spacial score (nSPS) is 13.5. The summed E-state index contributed by atoms with van der Waals surface area (Å²) in [5, 5.41) is 1.93. The Morgan fingerprint density at radius 1 is 1.18 bits per heavy atom. The Labute approximate surface area is 136 Å². The molecule has 120 valence electrons. The number of hydrogen-bond acceptors (Lipinski definition) is 5. The van der Waals surface area contributed by atoms with Crippen LogP contribution in [0.4, 0.5) is 0 Å². The largest absolute Gasteiger partial charge is 0.309 e. The van der Waals surface area contributed by atoms with Gasteiger partial charge in [0.25, 0.3) is 10.1 Å². The summed E-state index contributed by atoms with van der Waals surface area (Å²) in [7, 11) is 0.155. The molecular weight excluding hydrogens is 318 g/mol. The lowest BCUT2D eigenvalue weighted by Gasteiger charge is -2.18. The SMILES string of the molecule is Cc1ccc(S(=O)(=O)OC(CCN(C)C)c2cccs2)cc1. The molecule has 22 heavy (non-hydrogen) atoms. The second-order valence-corrected chi connectivity index (χ2v) is 8.01. The van der Waals surface area contributed by atoms with Crippen LogP contribution < -0.4 is 0 Å². The van der Waals surface area contributed by atoms with E-state index in [1.54, 1.807) is 24.3 Å². The highest BCUT2D eigenvalue weighted by Crippen LogP contribution is 2.29. The predicted octanol–water partition coefficient (Wildman–Crippen LogP) is 3.45. The van der Waals surface area contributed by atoms with Gasteiger partial charge in [-0.3, -0.25) is 4.18 Å². The summed E-state index contributed by atoms with van der Waals surface area (Å²) in [5.41, 5.74) is 1.02. The Morgan fingerprint density at radius 2 is 1.86 bits per heavy atom. The molecule has 1 aromatic carbocycles. The van der Waals surface area contributed by atoms with Crippen LogP contribution in [0.1, 0.15) is 23.0 Å². The maximum Gasteiger partial charge on any atom is 0.297 e. The van der Waals surface area contributed by atoms with Crippen molar-refractivity contribution in [1.29, 1.82) is 0 Å². The number of aryl methyl sites for hydroxylation is 1. The van der Waals surface area contributed by atoms with Crippen molar-refractivity contribution in [2.24, 2.45) is 0 Å². The summed E-state index contributed by atoms with van der Waals surface area (Å²) < 4.78 is 30.4. The van der Waals surface area contributed by atoms with E-state index in [1.165, 1.54) is 11.3 Å². The molecule has 4 nitrogen and oxygen atoms in total. The summed E-state index contributed by atoms with van der Waals surface area (Å²) in [6, 6.07) is 10.5. The summed E-state index contributed by atoms with van der Waals surface area (Å²) in [4.78, 5) is 3.14. The van der Waals surface area contributed by atoms with Gasteiger partial charge in [-0.15, -0.1) is 11.3 Å². The molecule has 1 unspecified atom stereocenters. The first-order valence-corrected chi connectivity index (χ1v) is 9.35. The summed E-state index contributed by atoms with van der Waals surface area (Å²) >= 11 is 1.51. The Kier molecular flexibility index (Phi) is 5.74. The van der Waals surface area contributed by atoms with Crippen LogP contribution >= 0.6 is 11.3 Å². The molecule has 0 fully saturated rings. The molecule has 0 bridgehead atoms. The van der Waals surface area contributed by atoms with Crippen LogP contribution in [0, 0.1) is 6.92 Å². The fraction of sp³-hybridized carbons (Fsp3) is 0.375. The van der Waals surface area contributed by atoms with Crippen LogP contribution in [-0.2, 0) is 14.3 Å². The first kappa shape index (κ1) is 17.1. The van der Waals surface area contributed by atoms with Gasteiger partial charge in [0.05, 0.1) is 4.90 Å². The lowest BCUT2D eigenvalue weighted by atomic mass is 10.2. The van der Waals surface area contributed by atoms with Crippen LogP contribution in [-0.4, -0.2) is 34.0 Å². The maximum atomic E-state index is 12.5. The van der Waals surface area contributed by atoms with Gasteiger partial charge in [0.1, 0.15) is 6.10 Å². The number of benzene rings is 1. The smallest absolute Gasteiger partial charge is 0.297 e. The summed E-state index contributed by atoms with van der Waals surface area (Å²) in [6.45, 7) is 2.68. The van der Waals surface area contributed by atoms with Crippen molar-refractivity contribution in [3.63, 3.8) is 0 Å². The number of rotatable bonds is 7. The van der Waals surface area contributed by atoms with Gasteiger partial charge < -0.3 is 4.90 Å². The van der Waals surface area contributed by atoms with Gasteiger partial charge in [0.2, 0.25) is 0 Å². The minimum Gasteiger partial charge on any atom is -0.309 e. The molecule has 1 atom stereocenters. The van der Waals surface area contributed by atoms with E-state index in [0.717, 1.165) is 17.0 Å². The van der Waals surface area contributed by atoms with E-state index in [-0.39, 0.29) is 4.90 Å². The Balaban J connectivity index is 2.20. The molecule has 1 heterocycles. The molecule has 0 spiro atoms. The van der Waals surface area contributed by atoms with Crippen molar-refractivity contribution in [2.75, 3.05) is 20.6 Å². The number of hydrogen-bond donors (Lipinski definition) is 0. The Hall–Kier alpha value is -1.21. The third-order valence-corrected chi connectivity index (χ3v) is 5.55. The van der Waals surface area contributed by atoms with Crippen LogP contribution in [0.5, 0.6) is 0 Å². The quantitative estimate of drug-likeness (QED) is 0.725. The zero-order valence-corrected chi connectivity index (χ0v) is 14.7. The zero-order valence-electron chi connectivity index (χ0n) is 13.0. The summed E-state index contributed by atoms with van der Waals surface area (Å²) in [5.74, 6) is 0. The second-order valence-electron chi connectivity index (χ2n) is 5.46.